The second-order valence-electron chi connectivity index (χ2n) is 5.71. The predicted octanol–water partition coefficient (Wildman–Crippen LogP) is 2.97. The summed E-state index contributed by atoms with van der Waals surface area (Å²) in [5.74, 6) is -1.76. The van der Waals surface area contributed by atoms with Crippen LogP contribution in [-0.4, -0.2) is 30.1 Å². The number of carbonyl (C=O) groups is 3. The summed E-state index contributed by atoms with van der Waals surface area (Å²) in [7, 11) is 1.29. The Hall–Kier alpha value is -3.61. The molecule has 0 saturated heterocycles. The number of esters is 1. The van der Waals surface area contributed by atoms with Crippen molar-refractivity contribution in [3.05, 3.63) is 64.9 Å². The normalized spacial score (nSPS) is 14.3. The van der Waals surface area contributed by atoms with E-state index in [1.807, 2.05) is 0 Å². The minimum Gasteiger partial charge on any atom is -0.478 e. The van der Waals surface area contributed by atoms with Crippen LogP contribution in [0, 0.1) is 0 Å². The monoisotopic (exact) mass is 352 g/mol. The number of hydrogen-bond acceptors (Lipinski definition) is 5. The molecule has 0 unspecified atom stereocenters. The van der Waals surface area contributed by atoms with E-state index >= 15 is 0 Å². The molecule has 132 valence electrons. The Morgan fingerprint density at radius 1 is 1.08 bits per heavy atom. The third-order valence-corrected chi connectivity index (χ3v) is 4.02. The molecule has 0 aliphatic carbocycles. The summed E-state index contributed by atoms with van der Waals surface area (Å²) in [5.41, 5.74) is 3.47. The van der Waals surface area contributed by atoms with Gasteiger partial charge in [0.2, 0.25) is 0 Å². The van der Waals surface area contributed by atoms with E-state index in [1.54, 1.807) is 37.3 Å². The van der Waals surface area contributed by atoms with Crippen LogP contribution in [0.15, 0.2) is 48.2 Å². The average Bonchev–Trinajstić information content (AvgIpc) is 2.96. The molecular weight excluding hydrogens is 336 g/mol. The molecule has 0 atom stereocenters. The Bertz CT molecular complexity index is 945. The number of methoxy groups -OCH3 is 1. The van der Waals surface area contributed by atoms with Crippen LogP contribution in [0.25, 0.3) is 5.57 Å². The summed E-state index contributed by atoms with van der Waals surface area (Å²) in [6.07, 6.45) is 0. The number of allylic oxidation sites excluding steroid dienone is 1. The lowest BCUT2D eigenvalue weighted by atomic mass is 10.0. The second-order valence-corrected chi connectivity index (χ2v) is 5.71. The van der Waals surface area contributed by atoms with Crippen LogP contribution in [0.1, 0.15) is 33.2 Å². The fraction of sp³-hybridized carbons (Fsp3) is 0.105. The van der Waals surface area contributed by atoms with Gasteiger partial charge >= 0.3 is 11.9 Å². The van der Waals surface area contributed by atoms with Crippen molar-refractivity contribution >= 4 is 34.8 Å². The minimum absolute atomic E-state index is 0.181. The highest BCUT2D eigenvalue weighted by Crippen LogP contribution is 2.35. The molecule has 3 N–H and O–H groups in total. The molecule has 0 radical (unpaired) electrons. The van der Waals surface area contributed by atoms with E-state index < -0.39 is 11.9 Å². The molecule has 7 nitrogen and oxygen atoms in total. The van der Waals surface area contributed by atoms with Crippen molar-refractivity contribution in [2.75, 3.05) is 17.7 Å². The number of ether oxygens (including phenoxy) is 1. The molecule has 26 heavy (non-hydrogen) atoms. The lowest BCUT2D eigenvalue weighted by molar-refractivity contribution is -0.110. The summed E-state index contributed by atoms with van der Waals surface area (Å²) in [6.45, 7) is 1.75. The third kappa shape index (κ3) is 3.14. The number of benzene rings is 2. The van der Waals surface area contributed by atoms with Gasteiger partial charge in [-0.15, -0.1) is 0 Å². The van der Waals surface area contributed by atoms with Gasteiger partial charge < -0.3 is 20.5 Å². The van der Waals surface area contributed by atoms with Crippen molar-refractivity contribution in [2.24, 2.45) is 0 Å². The summed E-state index contributed by atoms with van der Waals surface area (Å²) >= 11 is 0. The standard InChI is InChI=1S/C19H16N2O5/c1-10(20-13-6-3-11(4-7-13)18(23)24)16-14-8-5-12(19(25)26-2)9-15(14)21-17(16)22/h3-9,20H,1-2H3,(H,21,22)(H,23,24). The molecular formula is C19H16N2O5. The SMILES string of the molecule is COC(=O)c1ccc2c(c1)NC(=O)C2=C(C)Nc1ccc(C(=O)O)cc1. The molecule has 1 aliphatic heterocycles. The van der Waals surface area contributed by atoms with E-state index in [2.05, 4.69) is 15.4 Å². The molecule has 1 aliphatic rings. The maximum Gasteiger partial charge on any atom is 0.337 e. The number of nitrogens with one attached hydrogen (secondary N) is 2. The van der Waals surface area contributed by atoms with Gasteiger partial charge in [0.05, 0.1) is 29.5 Å². The highest BCUT2D eigenvalue weighted by atomic mass is 16.5. The van der Waals surface area contributed by atoms with E-state index in [9.17, 15) is 14.4 Å². The van der Waals surface area contributed by atoms with Crippen molar-refractivity contribution in [1.29, 1.82) is 0 Å². The van der Waals surface area contributed by atoms with Crippen LogP contribution < -0.4 is 10.6 Å². The molecule has 0 bridgehead atoms. The predicted molar refractivity (Wildman–Crippen MR) is 96.0 cm³/mol. The van der Waals surface area contributed by atoms with Gasteiger partial charge in [-0.2, -0.15) is 0 Å². The Kier molecular flexibility index (Phi) is 4.45. The van der Waals surface area contributed by atoms with Crippen molar-refractivity contribution in [2.45, 2.75) is 6.92 Å². The van der Waals surface area contributed by atoms with Gasteiger partial charge in [0.1, 0.15) is 0 Å². The Morgan fingerprint density at radius 3 is 2.35 bits per heavy atom. The Balaban J connectivity index is 1.92. The molecule has 0 fully saturated rings. The number of rotatable bonds is 4. The fourth-order valence-corrected chi connectivity index (χ4v) is 2.77. The van der Waals surface area contributed by atoms with Gasteiger partial charge in [-0.05, 0) is 43.3 Å². The maximum absolute atomic E-state index is 12.4. The number of anilines is 2. The summed E-state index contributed by atoms with van der Waals surface area (Å²) in [6, 6.07) is 11.1. The van der Waals surface area contributed by atoms with Crippen LogP contribution in [0.3, 0.4) is 0 Å². The van der Waals surface area contributed by atoms with Gasteiger partial charge in [-0.25, -0.2) is 9.59 Å². The molecule has 0 saturated carbocycles. The van der Waals surface area contributed by atoms with Gasteiger partial charge in [0, 0.05) is 16.9 Å². The Morgan fingerprint density at radius 2 is 1.73 bits per heavy atom. The molecule has 1 amide bonds. The molecule has 3 rings (SSSR count). The van der Waals surface area contributed by atoms with E-state index in [0.717, 1.165) is 0 Å². The first-order chi connectivity index (χ1) is 12.4. The largest absolute Gasteiger partial charge is 0.478 e. The second kappa shape index (κ2) is 6.72. The van der Waals surface area contributed by atoms with Crippen LogP contribution in [0.5, 0.6) is 0 Å². The molecule has 2 aromatic rings. The minimum atomic E-state index is -1.00. The first kappa shape index (κ1) is 17.2. The van der Waals surface area contributed by atoms with Crippen LogP contribution in [0.4, 0.5) is 11.4 Å². The lowest BCUT2D eigenvalue weighted by Gasteiger charge is -2.10. The zero-order valence-electron chi connectivity index (χ0n) is 14.1. The molecule has 0 aromatic heterocycles. The van der Waals surface area contributed by atoms with Gasteiger partial charge in [0.25, 0.3) is 5.91 Å². The number of hydrogen-bond donors (Lipinski definition) is 3. The maximum atomic E-state index is 12.4. The third-order valence-electron chi connectivity index (χ3n) is 4.02. The highest BCUT2D eigenvalue weighted by Gasteiger charge is 2.27. The zero-order valence-corrected chi connectivity index (χ0v) is 14.1. The Labute approximate surface area is 149 Å². The van der Waals surface area contributed by atoms with Crippen LogP contribution >= 0.6 is 0 Å². The van der Waals surface area contributed by atoms with Crippen LogP contribution in [-0.2, 0) is 9.53 Å². The first-order valence-electron chi connectivity index (χ1n) is 7.76. The van der Waals surface area contributed by atoms with Gasteiger partial charge in [-0.3, -0.25) is 4.79 Å². The van der Waals surface area contributed by atoms with Crippen molar-refractivity contribution in [1.82, 2.24) is 0 Å². The lowest BCUT2D eigenvalue weighted by Crippen LogP contribution is -2.09. The van der Waals surface area contributed by atoms with Crippen molar-refractivity contribution in [3.8, 4) is 0 Å². The smallest absolute Gasteiger partial charge is 0.337 e. The topological polar surface area (TPSA) is 105 Å². The van der Waals surface area contributed by atoms with Crippen molar-refractivity contribution < 1.29 is 24.2 Å². The zero-order chi connectivity index (χ0) is 18.8. The van der Waals surface area contributed by atoms with E-state index in [-0.39, 0.29) is 11.5 Å². The van der Waals surface area contributed by atoms with E-state index in [4.69, 9.17) is 5.11 Å². The number of carbonyl (C=O) groups excluding carboxylic acids is 2. The van der Waals surface area contributed by atoms with E-state index in [1.165, 1.54) is 19.2 Å². The fourth-order valence-electron chi connectivity index (χ4n) is 2.77. The molecule has 2 aromatic carbocycles. The number of carboxylic acid groups (broad SMARTS) is 1. The van der Waals surface area contributed by atoms with Crippen LogP contribution in [0.2, 0.25) is 0 Å². The highest BCUT2D eigenvalue weighted by molar-refractivity contribution is 6.32. The van der Waals surface area contributed by atoms with Gasteiger partial charge in [0.15, 0.2) is 0 Å². The number of fused-ring (bicyclic) bond motifs is 1. The number of amides is 1. The summed E-state index contributed by atoms with van der Waals surface area (Å²) in [4.78, 5) is 34.9. The first-order valence-corrected chi connectivity index (χ1v) is 7.76. The number of aromatic carboxylic acids is 1. The summed E-state index contributed by atoms with van der Waals surface area (Å²) in [5, 5.41) is 14.8. The average molecular weight is 352 g/mol. The molecule has 1 heterocycles. The molecule has 7 heteroatoms. The summed E-state index contributed by atoms with van der Waals surface area (Å²) < 4.78 is 4.68. The number of carboxylic acids is 1. The van der Waals surface area contributed by atoms with E-state index in [0.29, 0.717) is 33.8 Å². The van der Waals surface area contributed by atoms with Crippen molar-refractivity contribution in [3.63, 3.8) is 0 Å². The molecule has 0 spiro atoms. The quantitative estimate of drug-likeness (QED) is 0.577. The van der Waals surface area contributed by atoms with Gasteiger partial charge in [-0.1, -0.05) is 6.07 Å².